The summed E-state index contributed by atoms with van der Waals surface area (Å²) in [4.78, 5) is 21.7. The summed E-state index contributed by atoms with van der Waals surface area (Å²) in [6, 6.07) is 11.3. The average molecular weight is 240 g/mol. The number of para-hydroxylation sites is 2. The van der Waals surface area contributed by atoms with E-state index in [1.807, 2.05) is 24.3 Å². The van der Waals surface area contributed by atoms with E-state index in [0.29, 0.717) is 12.2 Å². The number of rotatable bonds is 3. The molecular formula is C13H12N4O. The Bertz CT molecular complexity index is 696. The first kappa shape index (κ1) is 10.6. The Hall–Kier alpha value is -2.56. The number of imidazole rings is 1. The van der Waals surface area contributed by atoms with Gasteiger partial charge in [-0.05, 0) is 24.3 Å². The van der Waals surface area contributed by atoms with Crippen LogP contribution in [0.4, 0.5) is 5.69 Å². The number of H-pyrrole nitrogens is 2. The summed E-state index contributed by atoms with van der Waals surface area (Å²) in [7, 11) is 0. The van der Waals surface area contributed by atoms with Crippen LogP contribution in [0, 0.1) is 0 Å². The minimum Gasteiger partial charge on any atom is -0.373 e. The van der Waals surface area contributed by atoms with Gasteiger partial charge in [0.15, 0.2) is 0 Å². The lowest BCUT2D eigenvalue weighted by atomic mass is 10.3. The van der Waals surface area contributed by atoms with Crippen molar-refractivity contribution in [2.45, 2.75) is 6.54 Å². The molecule has 2 aromatic heterocycles. The van der Waals surface area contributed by atoms with Gasteiger partial charge in [-0.1, -0.05) is 12.1 Å². The van der Waals surface area contributed by atoms with Crippen LogP contribution in [-0.2, 0) is 6.54 Å². The molecule has 0 radical (unpaired) electrons. The van der Waals surface area contributed by atoms with E-state index in [2.05, 4.69) is 20.3 Å². The van der Waals surface area contributed by atoms with Crippen molar-refractivity contribution in [3.63, 3.8) is 0 Å². The van der Waals surface area contributed by atoms with Gasteiger partial charge in [-0.15, -0.1) is 0 Å². The number of aromatic nitrogens is 3. The van der Waals surface area contributed by atoms with E-state index in [1.54, 1.807) is 18.3 Å². The number of fused-ring (bicyclic) bond motifs is 1. The second-order valence-electron chi connectivity index (χ2n) is 3.97. The highest BCUT2D eigenvalue weighted by Gasteiger charge is 2.02. The lowest BCUT2D eigenvalue weighted by molar-refractivity contribution is 1.00. The molecule has 3 aromatic rings. The molecule has 18 heavy (non-hydrogen) atoms. The molecule has 0 aliphatic heterocycles. The van der Waals surface area contributed by atoms with Crippen molar-refractivity contribution in [2.24, 2.45) is 0 Å². The van der Waals surface area contributed by atoms with Crippen LogP contribution in [0.25, 0.3) is 11.0 Å². The van der Waals surface area contributed by atoms with Gasteiger partial charge < -0.3 is 15.3 Å². The number of aromatic amines is 2. The van der Waals surface area contributed by atoms with Gasteiger partial charge in [-0.25, -0.2) is 4.98 Å². The van der Waals surface area contributed by atoms with E-state index in [0.717, 1.165) is 16.9 Å². The van der Waals surface area contributed by atoms with Crippen molar-refractivity contribution >= 4 is 16.7 Å². The molecule has 5 heteroatoms. The maximum Gasteiger partial charge on any atom is 0.271 e. The molecule has 3 rings (SSSR count). The van der Waals surface area contributed by atoms with E-state index in [-0.39, 0.29) is 5.56 Å². The van der Waals surface area contributed by atoms with Crippen LogP contribution in [0.15, 0.2) is 47.4 Å². The minimum absolute atomic E-state index is 0.131. The maximum absolute atomic E-state index is 11.5. The predicted octanol–water partition coefficient (Wildman–Crippen LogP) is 1.86. The number of nitrogens with one attached hydrogen (secondary N) is 3. The molecule has 0 spiro atoms. The summed E-state index contributed by atoms with van der Waals surface area (Å²) in [5, 5.41) is 3.05. The number of benzene rings is 1. The second kappa shape index (κ2) is 4.37. The fraction of sp³-hybridized carbons (Fsp3) is 0.0769. The first-order valence-corrected chi connectivity index (χ1v) is 5.68. The van der Waals surface area contributed by atoms with Crippen LogP contribution in [0.1, 0.15) is 5.82 Å². The average Bonchev–Trinajstić information content (AvgIpc) is 2.80. The molecule has 0 saturated heterocycles. The Morgan fingerprint density at radius 3 is 2.89 bits per heavy atom. The predicted molar refractivity (Wildman–Crippen MR) is 70.5 cm³/mol. The molecule has 2 heterocycles. The van der Waals surface area contributed by atoms with Crippen LogP contribution >= 0.6 is 0 Å². The van der Waals surface area contributed by atoms with Gasteiger partial charge in [0.25, 0.3) is 5.56 Å². The topological polar surface area (TPSA) is 73.6 Å². The quantitative estimate of drug-likeness (QED) is 0.654. The highest BCUT2D eigenvalue weighted by molar-refractivity contribution is 5.74. The van der Waals surface area contributed by atoms with Gasteiger partial charge in [0, 0.05) is 6.20 Å². The van der Waals surface area contributed by atoms with Crippen LogP contribution < -0.4 is 10.9 Å². The molecule has 1 aromatic carbocycles. The summed E-state index contributed by atoms with van der Waals surface area (Å²) in [6.07, 6.45) is 1.61. The van der Waals surface area contributed by atoms with Gasteiger partial charge >= 0.3 is 0 Å². The molecule has 90 valence electrons. The number of anilines is 1. The summed E-state index contributed by atoms with van der Waals surface area (Å²) in [6.45, 7) is 0.488. The fourth-order valence-corrected chi connectivity index (χ4v) is 1.83. The highest BCUT2D eigenvalue weighted by atomic mass is 16.1. The first-order chi connectivity index (χ1) is 8.83. The molecule has 0 aliphatic carbocycles. The van der Waals surface area contributed by atoms with Crippen LogP contribution in [-0.4, -0.2) is 15.0 Å². The van der Waals surface area contributed by atoms with Gasteiger partial charge in [-0.3, -0.25) is 4.79 Å². The minimum atomic E-state index is -0.131. The lowest BCUT2D eigenvalue weighted by Gasteiger charge is -2.01. The molecule has 0 saturated carbocycles. The molecule has 0 amide bonds. The summed E-state index contributed by atoms with van der Waals surface area (Å²) < 4.78 is 0. The van der Waals surface area contributed by atoms with Gasteiger partial charge in [-0.2, -0.15) is 0 Å². The third-order valence-electron chi connectivity index (χ3n) is 2.70. The Kier molecular flexibility index (Phi) is 2.57. The first-order valence-electron chi connectivity index (χ1n) is 5.68. The molecule has 5 nitrogen and oxygen atoms in total. The monoisotopic (exact) mass is 240 g/mol. The molecular weight excluding hydrogens is 228 g/mol. The van der Waals surface area contributed by atoms with Crippen LogP contribution in [0.3, 0.4) is 0 Å². The maximum atomic E-state index is 11.5. The largest absolute Gasteiger partial charge is 0.373 e. The van der Waals surface area contributed by atoms with Crippen molar-refractivity contribution in [3.05, 3.63) is 58.8 Å². The van der Waals surface area contributed by atoms with Crippen LogP contribution in [0.5, 0.6) is 0 Å². The smallest absolute Gasteiger partial charge is 0.271 e. The summed E-state index contributed by atoms with van der Waals surface area (Å²) >= 11 is 0. The zero-order valence-electron chi connectivity index (χ0n) is 9.60. The lowest BCUT2D eigenvalue weighted by Crippen LogP contribution is -2.13. The SMILES string of the molecule is O=c1[nH]cccc1NCc1nc2ccccc2[nH]1. The third-order valence-corrected chi connectivity index (χ3v) is 2.70. The van der Waals surface area contributed by atoms with Crippen LogP contribution in [0.2, 0.25) is 0 Å². The second-order valence-corrected chi connectivity index (χ2v) is 3.97. The van der Waals surface area contributed by atoms with Gasteiger partial charge in [0.2, 0.25) is 0 Å². The molecule has 0 unspecified atom stereocenters. The van der Waals surface area contributed by atoms with Crippen molar-refractivity contribution in [2.75, 3.05) is 5.32 Å². The normalized spacial score (nSPS) is 10.7. The number of hydrogen-bond donors (Lipinski definition) is 3. The Morgan fingerprint density at radius 1 is 1.17 bits per heavy atom. The van der Waals surface area contributed by atoms with E-state index in [9.17, 15) is 4.79 Å². The molecule has 0 aliphatic rings. The molecule has 3 N–H and O–H groups in total. The summed E-state index contributed by atoms with van der Waals surface area (Å²) in [5.41, 5.74) is 2.33. The molecule has 0 fully saturated rings. The fourth-order valence-electron chi connectivity index (χ4n) is 1.83. The molecule has 0 bridgehead atoms. The van der Waals surface area contributed by atoms with Crippen molar-refractivity contribution in [1.82, 2.24) is 15.0 Å². The zero-order valence-corrected chi connectivity index (χ0v) is 9.60. The van der Waals surface area contributed by atoms with Crippen molar-refractivity contribution < 1.29 is 0 Å². The Balaban J connectivity index is 1.81. The standard InChI is InChI=1S/C13H12N4O/c18-13-11(6-3-7-14-13)15-8-12-16-9-4-1-2-5-10(9)17-12/h1-7,15H,8H2,(H,14,18)(H,16,17). The van der Waals surface area contributed by atoms with Gasteiger partial charge in [0.1, 0.15) is 11.5 Å². The number of pyridine rings is 1. The highest BCUT2D eigenvalue weighted by Crippen LogP contribution is 2.10. The van der Waals surface area contributed by atoms with Crippen molar-refractivity contribution in [3.8, 4) is 0 Å². The Labute approximate surface area is 103 Å². The van der Waals surface area contributed by atoms with Gasteiger partial charge in [0.05, 0.1) is 17.6 Å². The number of hydrogen-bond acceptors (Lipinski definition) is 3. The van der Waals surface area contributed by atoms with E-state index in [4.69, 9.17) is 0 Å². The number of nitrogens with zero attached hydrogens (tertiary/aromatic N) is 1. The van der Waals surface area contributed by atoms with E-state index in [1.165, 1.54) is 0 Å². The molecule has 0 atom stereocenters. The zero-order chi connectivity index (χ0) is 12.4. The van der Waals surface area contributed by atoms with E-state index < -0.39 is 0 Å². The Morgan fingerprint density at radius 2 is 2.06 bits per heavy atom. The summed E-state index contributed by atoms with van der Waals surface area (Å²) in [5.74, 6) is 0.805. The van der Waals surface area contributed by atoms with Crippen molar-refractivity contribution in [1.29, 1.82) is 0 Å². The third kappa shape index (κ3) is 1.98. The van der Waals surface area contributed by atoms with E-state index >= 15 is 0 Å².